The standard InChI is InChI=1S/C36H56O2S/c1-9-11-13-15-17-19-21-37-31-23-27-28-24-32(38-22-20-18-16-14-12-10-2)30(36(6,7)8)26-34(28)39-33(27)25-29(31)35(3,4)5/h23-26H,9-22H2,1-8H3. The minimum atomic E-state index is 0.0305. The highest BCUT2D eigenvalue weighted by molar-refractivity contribution is 7.25. The SMILES string of the molecule is CCCCCCCCOc1cc2c(cc1C(C)(C)C)sc1cc(C(C)(C)C)c(OCCCCCCCC)cc12. The molecule has 3 heteroatoms. The largest absolute Gasteiger partial charge is 0.493 e. The van der Waals surface area contributed by atoms with Crippen molar-refractivity contribution < 1.29 is 9.47 Å². The highest BCUT2D eigenvalue weighted by Gasteiger charge is 2.24. The predicted molar refractivity (Wildman–Crippen MR) is 174 cm³/mol. The maximum atomic E-state index is 6.50. The summed E-state index contributed by atoms with van der Waals surface area (Å²) in [6, 6.07) is 9.43. The van der Waals surface area contributed by atoms with Crippen LogP contribution in [0.5, 0.6) is 11.5 Å². The third kappa shape index (κ3) is 9.13. The van der Waals surface area contributed by atoms with Crippen LogP contribution in [0.1, 0.15) is 144 Å². The van der Waals surface area contributed by atoms with E-state index in [-0.39, 0.29) is 10.8 Å². The van der Waals surface area contributed by atoms with E-state index in [1.165, 1.54) is 95.5 Å². The van der Waals surface area contributed by atoms with Gasteiger partial charge in [0.1, 0.15) is 11.5 Å². The van der Waals surface area contributed by atoms with Gasteiger partial charge in [0, 0.05) is 31.3 Å². The van der Waals surface area contributed by atoms with Crippen molar-refractivity contribution in [3.05, 3.63) is 35.4 Å². The number of unbranched alkanes of at least 4 members (excludes halogenated alkanes) is 10. The number of benzene rings is 2. The smallest absolute Gasteiger partial charge is 0.123 e. The molecule has 3 aromatic rings. The van der Waals surface area contributed by atoms with Crippen LogP contribution in [0.4, 0.5) is 0 Å². The van der Waals surface area contributed by atoms with E-state index in [9.17, 15) is 0 Å². The molecule has 0 unspecified atom stereocenters. The zero-order chi connectivity index (χ0) is 28.5. The normalized spacial score (nSPS) is 12.5. The molecular formula is C36H56O2S. The van der Waals surface area contributed by atoms with Crippen molar-refractivity contribution in [3.8, 4) is 11.5 Å². The van der Waals surface area contributed by atoms with Crippen LogP contribution in [-0.2, 0) is 10.8 Å². The molecule has 0 atom stereocenters. The van der Waals surface area contributed by atoms with E-state index in [1.54, 1.807) is 0 Å². The van der Waals surface area contributed by atoms with Gasteiger partial charge in [0.05, 0.1) is 13.2 Å². The van der Waals surface area contributed by atoms with Gasteiger partial charge in [0.15, 0.2) is 0 Å². The molecule has 2 aromatic carbocycles. The van der Waals surface area contributed by atoms with E-state index in [4.69, 9.17) is 9.47 Å². The summed E-state index contributed by atoms with van der Waals surface area (Å²) in [4.78, 5) is 0. The Kier molecular flexibility index (Phi) is 12.0. The molecule has 0 radical (unpaired) electrons. The van der Waals surface area contributed by atoms with Gasteiger partial charge >= 0.3 is 0 Å². The molecule has 1 aromatic heterocycles. The van der Waals surface area contributed by atoms with E-state index in [2.05, 4.69) is 79.7 Å². The highest BCUT2D eigenvalue weighted by atomic mass is 32.1. The third-order valence-corrected chi connectivity index (χ3v) is 8.92. The van der Waals surface area contributed by atoms with Gasteiger partial charge in [-0.05, 0) is 47.9 Å². The van der Waals surface area contributed by atoms with E-state index >= 15 is 0 Å². The fraction of sp³-hybridized carbons (Fsp3) is 0.667. The average molecular weight is 553 g/mol. The minimum absolute atomic E-state index is 0.0305. The molecule has 0 amide bonds. The van der Waals surface area contributed by atoms with Crippen LogP contribution in [0.25, 0.3) is 20.2 Å². The summed E-state index contributed by atoms with van der Waals surface area (Å²) in [6.07, 6.45) is 15.4. The summed E-state index contributed by atoms with van der Waals surface area (Å²) in [5, 5.41) is 2.59. The molecule has 0 saturated heterocycles. The topological polar surface area (TPSA) is 18.5 Å². The van der Waals surface area contributed by atoms with Gasteiger partial charge in [-0.15, -0.1) is 11.3 Å². The van der Waals surface area contributed by atoms with Gasteiger partial charge in [0.25, 0.3) is 0 Å². The Morgan fingerprint density at radius 3 is 1.23 bits per heavy atom. The fourth-order valence-electron chi connectivity index (χ4n) is 5.37. The minimum Gasteiger partial charge on any atom is -0.493 e. The second kappa shape index (κ2) is 14.8. The van der Waals surface area contributed by atoms with Crippen molar-refractivity contribution >= 4 is 31.5 Å². The second-order valence-corrected chi connectivity index (χ2v) is 14.6. The van der Waals surface area contributed by atoms with Crippen molar-refractivity contribution in [2.45, 2.75) is 143 Å². The first kappa shape index (κ1) is 31.8. The molecule has 1 heterocycles. The summed E-state index contributed by atoms with van der Waals surface area (Å²) in [5.41, 5.74) is 2.68. The highest BCUT2D eigenvalue weighted by Crippen LogP contribution is 2.45. The van der Waals surface area contributed by atoms with Crippen LogP contribution >= 0.6 is 11.3 Å². The third-order valence-electron chi connectivity index (χ3n) is 7.80. The van der Waals surface area contributed by atoms with Crippen LogP contribution in [0.2, 0.25) is 0 Å². The first-order valence-corrected chi connectivity index (χ1v) is 16.7. The number of hydrogen-bond donors (Lipinski definition) is 0. The van der Waals surface area contributed by atoms with Crippen molar-refractivity contribution in [1.82, 2.24) is 0 Å². The molecule has 218 valence electrons. The van der Waals surface area contributed by atoms with Crippen molar-refractivity contribution in [2.24, 2.45) is 0 Å². The Balaban J connectivity index is 1.88. The van der Waals surface area contributed by atoms with Gasteiger partial charge in [0.2, 0.25) is 0 Å². The molecule has 0 N–H and O–H groups in total. The molecule has 0 fully saturated rings. The Morgan fingerprint density at radius 2 is 0.872 bits per heavy atom. The molecule has 39 heavy (non-hydrogen) atoms. The predicted octanol–water partition coefficient (Wildman–Crippen LogP) is 12.1. The van der Waals surface area contributed by atoms with Crippen molar-refractivity contribution in [3.63, 3.8) is 0 Å². The van der Waals surface area contributed by atoms with Gasteiger partial charge in [-0.2, -0.15) is 0 Å². The monoisotopic (exact) mass is 552 g/mol. The molecule has 0 bridgehead atoms. The van der Waals surface area contributed by atoms with Gasteiger partial charge in [-0.3, -0.25) is 0 Å². The first-order valence-electron chi connectivity index (χ1n) is 15.9. The molecule has 2 nitrogen and oxygen atoms in total. The first-order chi connectivity index (χ1) is 18.6. The Morgan fingerprint density at radius 1 is 0.513 bits per heavy atom. The lowest BCUT2D eigenvalue weighted by Crippen LogP contribution is -2.14. The molecule has 0 aliphatic heterocycles. The molecule has 3 rings (SSSR count). The van der Waals surface area contributed by atoms with Crippen LogP contribution < -0.4 is 9.47 Å². The van der Waals surface area contributed by atoms with Crippen LogP contribution in [0.3, 0.4) is 0 Å². The lowest BCUT2D eigenvalue weighted by Gasteiger charge is -2.24. The maximum Gasteiger partial charge on any atom is 0.123 e. The van der Waals surface area contributed by atoms with Gasteiger partial charge in [-0.25, -0.2) is 0 Å². The zero-order valence-electron chi connectivity index (χ0n) is 26.4. The second-order valence-electron chi connectivity index (χ2n) is 13.5. The van der Waals surface area contributed by atoms with Crippen LogP contribution in [0, 0.1) is 0 Å². The molecule has 0 aliphatic carbocycles. The lowest BCUT2D eigenvalue weighted by molar-refractivity contribution is 0.296. The van der Waals surface area contributed by atoms with E-state index in [1.807, 2.05) is 11.3 Å². The Labute approximate surface area is 243 Å². The summed E-state index contributed by atoms with van der Waals surface area (Å²) in [6.45, 7) is 19.9. The fourth-order valence-corrected chi connectivity index (χ4v) is 6.52. The van der Waals surface area contributed by atoms with E-state index < -0.39 is 0 Å². The van der Waals surface area contributed by atoms with Gasteiger partial charge < -0.3 is 9.47 Å². The number of hydrogen-bond acceptors (Lipinski definition) is 3. The Hall–Kier alpha value is -1.74. The number of ether oxygens (including phenoxy) is 2. The molecule has 0 saturated carbocycles. The zero-order valence-corrected chi connectivity index (χ0v) is 27.3. The van der Waals surface area contributed by atoms with E-state index in [0.29, 0.717) is 0 Å². The lowest BCUT2D eigenvalue weighted by atomic mass is 9.85. The van der Waals surface area contributed by atoms with Crippen LogP contribution in [-0.4, -0.2) is 13.2 Å². The van der Waals surface area contributed by atoms with Crippen molar-refractivity contribution in [1.29, 1.82) is 0 Å². The van der Waals surface area contributed by atoms with Crippen molar-refractivity contribution in [2.75, 3.05) is 13.2 Å². The maximum absolute atomic E-state index is 6.50. The van der Waals surface area contributed by atoms with E-state index in [0.717, 1.165) is 37.6 Å². The number of fused-ring (bicyclic) bond motifs is 3. The molecule has 0 aliphatic rings. The van der Waals surface area contributed by atoms with Gasteiger partial charge in [-0.1, -0.05) is 120 Å². The summed E-state index contributed by atoms with van der Waals surface area (Å²) < 4.78 is 15.7. The summed E-state index contributed by atoms with van der Waals surface area (Å²) >= 11 is 1.91. The average Bonchev–Trinajstić information content (AvgIpc) is 3.22. The Bertz CT molecular complexity index is 1070. The molecule has 0 spiro atoms. The quantitative estimate of drug-likeness (QED) is 0.164. The number of rotatable bonds is 16. The summed E-state index contributed by atoms with van der Waals surface area (Å²) in [5.74, 6) is 2.11. The van der Waals surface area contributed by atoms with Crippen LogP contribution in [0.15, 0.2) is 24.3 Å². The summed E-state index contributed by atoms with van der Waals surface area (Å²) in [7, 11) is 0. The molecular weight excluding hydrogens is 496 g/mol. The number of thiophene rings is 1.